The van der Waals surface area contributed by atoms with Crippen LogP contribution in [0.3, 0.4) is 0 Å². The molecule has 1 heterocycles. The molecule has 0 amide bonds. The van der Waals surface area contributed by atoms with Crippen molar-refractivity contribution in [2.75, 3.05) is 0 Å². The van der Waals surface area contributed by atoms with Gasteiger partial charge >= 0.3 is 6.08 Å². The first-order chi connectivity index (χ1) is 9.20. The molecule has 3 rings (SSSR count). The summed E-state index contributed by atoms with van der Waals surface area (Å²) in [7, 11) is 0. The monoisotopic (exact) mass is 322 g/mol. The zero-order chi connectivity index (χ0) is 13.2. The summed E-state index contributed by atoms with van der Waals surface area (Å²) in [6.07, 6.45) is 4.45. The topological polar surface area (TPSA) is 47.3 Å². The highest BCUT2D eigenvalue weighted by molar-refractivity contribution is 9.10. The van der Waals surface area contributed by atoms with Gasteiger partial charge in [0.2, 0.25) is 0 Å². The molecular formula is C14H15BrN2O2. The van der Waals surface area contributed by atoms with Crippen LogP contribution in [0.15, 0.2) is 33.4 Å². The van der Waals surface area contributed by atoms with Gasteiger partial charge in [-0.3, -0.25) is 0 Å². The van der Waals surface area contributed by atoms with Gasteiger partial charge in [0.25, 0.3) is 0 Å². The third kappa shape index (κ3) is 3.36. The van der Waals surface area contributed by atoms with Crippen molar-refractivity contribution in [3.8, 4) is 11.8 Å². The fourth-order valence-electron chi connectivity index (χ4n) is 1.77. The molecule has 1 aromatic carbocycles. The molecule has 1 saturated carbocycles. The Labute approximate surface area is 120 Å². The van der Waals surface area contributed by atoms with E-state index < -0.39 is 0 Å². The lowest BCUT2D eigenvalue weighted by atomic mass is 10.2. The summed E-state index contributed by atoms with van der Waals surface area (Å²) in [5.74, 6) is 0.756. The number of nitrogens with zero attached hydrogens (tertiary/aromatic N) is 1. The molecule has 1 N–H and O–H groups in total. The smallest absolute Gasteiger partial charge is 0.399 e. The minimum atomic E-state index is 0.290. The van der Waals surface area contributed by atoms with Crippen LogP contribution in [-0.4, -0.2) is 11.0 Å². The number of rotatable bonds is 5. The number of benzene rings is 1. The standard InChI is InChI=1S/C14H15BrN2O2/c1-9-6-10(15)2-5-13(9)19-14-17-12(8-18-14)7-16-11-3-4-11/h2,5-6,8,11,16H,3-4,7H2,1H3. The van der Waals surface area contributed by atoms with Crippen LogP contribution in [0.4, 0.5) is 0 Å². The Kier molecular flexibility index (Phi) is 3.57. The Morgan fingerprint density at radius 3 is 3.05 bits per heavy atom. The number of aromatic nitrogens is 1. The average molecular weight is 323 g/mol. The van der Waals surface area contributed by atoms with Gasteiger partial charge in [-0.05, 0) is 43.5 Å². The number of hydrogen-bond acceptors (Lipinski definition) is 4. The van der Waals surface area contributed by atoms with Gasteiger partial charge in [0, 0.05) is 17.1 Å². The molecule has 0 spiro atoms. The van der Waals surface area contributed by atoms with Crippen LogP contribution in [0, 0.1) is 6.92 Å². The predicted molar refractivity (Wildman–Crippen MR) is 75.3 cm³/mol. The van der Waals surface area contributed by atoms with Crippen LogP contribution in [0.25, 0.3) is 0 Å². The number of hydrogen-bond donors (Lipinski definition) is 1. The molecule has 0 bridgehead atoms. The number of aryl methyl sites for hydroxylation is 1. The first-order valence-corrected chi connectivity index (χ1v) is 7.12. The van der Waals surface area contributed by atoms with E-state index in [1.807, 2.05) is 25.1 Å². The molecule has 1 aromatic heterocycles. The average Bonchev–Trinajstić information content (AvgIpc) is 3.10. The predicted octanol–water partition coefficient (Wildman–Crippen LogP) is 3.79. The molecule has 0 aliphatic heterocycles. The van der Waals surface area contributed by atoms with Crippen LogP contribution in [0.2, 0.25) is 0 Å². The Balaban J connectivity index is 1.65. The largest absolute Gasteiger partial charge is 0.417 e. The van der Waals surface area contributed by atoms with Crippen LogP contribution in [-0.2, 0) is 6.54 Å². The van der Waals surface area contributed by atoms with Gasteiger partial charge in [-0.2, -0.15) is 4.98 Å². The maximum absolute atomic E-state index is 5.64. The van der Waals surface area contributed by atoms with E-state index in [1.54, 1.807) is 6.26 Å². The van der Waals surface area contributed by atoms with Crippen LogP contribution in [0.1, 0.15) is 24.1 Å². The summed E-state index contributed by atoms with van der Waals surface area (Å²) in [5, 5.41) is 3.38. The van der Waals surface area contributed by atoms with Crippen molar-refractivity contribution in [3.05, 3.63) is 40.2 Å². The highest BCUT2D eigenvalue weighted by Crippen LogP contribution is 2.27. The van der Waals surface area contributed by atoms with Gasteiger partial charge in [0.15, 0.2) is 0 Å². The number of ether oxygens (including phenoxy) is 1. The number of nitrogens with one attached hydrogen (secondary N) is 1. The molecule has 1 aliphatic rings. The third-order valence-electron chi connectivity index (χ3n) is 3.01. The van der Waals surface area contributed by atoms with E-state index in [9.17, 15) is 0 Å². The van der Waals surface area contributed by atoms with Crippen molar-refractivity contribution in [1.29, 1.82) is 0 Å². The van der Waals surface area contributed by atoms with Crippen LogP contribution in [0.5, 0.6) is 11.8 Å². The minimum absolute atomic E-state index is 0.290. The van der Waals surface area contributed by atoms with Crippen molar-refractivity contribution in [3.63, 3.8) is 0 Å². The lowest BCUT2D eigenvalue weighted by molar-refractivity contribution is 0.329. The molecule has 4 nitrogen and oxygen atoms in total. The van der Waals surface area contributed by atoms with E-state index >= 15 is 0 Å². The summed E-state index contributed by atoms with van der Waals surface area (Å²) >= 11 is 3.42. The van der Waals surface area contributed by atoms with Gasteiger partial charge < -0.3 is 14.5 Å². The first-order valence-electron chi connectivity index (χ1n) is 6.32. The third-order valence-corrected chi connectivity index (χ3v) is 3.51. The Bertz CT molecular complexity index is 579. The van der Waals surface area contributed by atoms with Crippen molar-refractivity contribution in [2.45, 2.75) is 32.4 Å². The second-order valence-electron chi connectivity index (χ2n) is 4.77. The van der Waals surface area contributed by atoms with Crippen LogP contribution < -0.4 is 10.1 Å². The zero-order valence-electron chi connectivity index (χ0n) is 10.6. The molecule has 0 saturated heterocycles. The van der Waals surface area contributed by atoms with E-state index in [1.165, 1.54) is 12.8 Å². The molecular weight excluding hydrogens is 308 g/mol. The quantitative estimate of drug-likeness (QED) is 0.909. The number of halogens is 1. The molecule has 0 atom stereocenters. The lowest BCUT2D eigenvalue weighted by Gasteiger charge is -2.04. The maximum Gasteiger partial charge on any atom is 0.399 e. The van der Waals surface area contributed by atoms with Gasteiger partial charge in [0.05, 0.1) is 5.69 Å². The highest BCUT2D eigenvalue weighted by atomic mass is 79.9. The summed E-state index contributed by atoms with van der Waals surface area (Å²) in [6, 6.07) is 6.48. The maximum atomic E-state index is 5.64. The van der Waals surface area contributed by atoms with E-state index in [-0.39, 0.29) is 6.08 Å². The van der Waals surface area contributed by atoms with E-state index in [4.69, 9.17) is 9.15 Å². The molecule has 0 unspecified atom stereocenters. The Morgan fingerprint density at radius 1 is 1.47 bits per heavy atom. The summed E-state index contributed by atoms with van der Waals surface area (Å²) in [5.41, 5.74) is 1.90. The Morgan fingerprint density at radius 2 is 2.32 bits per heavy atom. The van der Waals surface area contributed by atoms with Crippen LogP contribution >= 0.6 is 15.9 Å². The zero-order valence-corrected chi connectivity index (χ0v) is 12.2. The van der Waals surface area contributed by atoms with Gasteiger partial charge in [-0.1, -0.05) is 15.9 Å². The SMILES string of the molecule is Cc1cc(Br)ccc1Oc1nc(CNC2CC2)co1. The van der Waals surface area contributed by atoms with Gasteiger partial charge in [-0.15, -0.1) is 0 Å². The first kappa shape index (κ1) is 12.7. The van der Waals surface area contributed by atoms with Crippen molar-refractivity contribution < 1.29 is 9.15 Å². The van der Waals surface area contributed by atoms with Gasteiger partial charge in [-0.25, -0.2) is 0 Å². The number of oxazole rings is 1. The molecule has 5 heteroatoms. The molecule has 1 fully saturated rings. The lowest BCUT2D eigenvalue weighted by Crippen LogP contribution is -2.15. The molecule has 0 radical (unpaired) electrons. The summed E-state index contributed by atoms with van der Waals surface area (Å²) < 4.78 is 12.0. The fraction of sp³-hybridized carbons (Fsp3) is 0.357. The molecule has 2 aromatic rings. The second kappa shape index (κ2) is 5.35. The summed E-state index contributed by atoms with van der Waals surface area (Å²) in [4.78, 5) is 4.31. The fourth-order valence-corrected chi connectivity index (χ4v) is 2.25. The molecule has 19 heavy (non-hydrogen) atoms. The van der Waals surface area contributed by atoms with Crippen molar-refractivity contribution in [2.24, 2.45) is 0 Å². The molecule has 100 valence electrons. The minimum Gasteiger partial charge on any atom is -0.417 e. The summed E-state index contributed by atoms with van der Waals surface area (Å²) in [6.45, 7) is 2.72. The van der Waals surface area contributed by atoms with Crippen molar-refractivity contribution >= 4 is 15.9 Å². The van der Waals surface area contributed by atoms with Gasteiger partial charge in [0.1, 0.15) is 12.0 Å². The highest BCUT2D eigenvalue weighted by Gasteiger charge is 2.20. The van der Waals surface area contributed by atoms with E-state index in [0.717, 1.165) is 28.0 Å². The van der Waals surface area contributed by atoms with Crippen molar-refractivity contribution in [1.82, 2.24) is 10.3 Å². The second-order valence-corrected chi connectivity index (χ2v) is 5.69. The van der Waals surface area contributed by atoms with E-state index in [0.29, 0.717) is 6.04 Å². The Hall–Kier alpha value is -1.33. The van der Waals surface area contributed by atoms with E-state index in [2.05, 4.69) is 26.2 Å². The normalized spacial score (nSPS) is 14.6. The molecule has 1 aliphatic carbocycles.